The predicted octanol–water partition coefficient (Wildman–Crippen LogP) is 1.05. The molecule has 1 fully saturated rings. The van der Waals surface area contributed by atoms with Gasteiger partial charge in [-0.2, -0.15) is 11.8 Å². The van der Waals surface area contributed by atoms with E-state index < -0.39 is 0 Å². The molecule has 2 amide bonds. The van der Waals surface area contributed by atoms with Crippen LogP contribution in [0.2, 0.25) is 0 Å². The van der Waals surface area contributed by atoms with Crippen LogP contribution in [0.1, 0.15) is 6.42 Å². The average molecular weight is 307 g/mol. The highest BCUT2D eigenvalue weighted by Crippen LogP contribution is 2.30. The maximum absolute atomic E-state index is 12.0. The van der Waals surface area contributed by atoms with Crippen molar-refractivity contribution in [3.8, 4) is 5.75 Å². The molecule has 112 valence electrons. The van der Waals surface area contributed by atoms with E-state index in [2.05, 4.69) is 16.0 Å². The van der Waals surface area contributed by atoms with E-state index in [9.17, 15) is 9.59 Å². The van der Waals surface area contributed by atoms with Gasteiger partial charge in [-0.15, -0.1) is 0 Å². The number of rotatable bonds is 3. The van der Waals surface area contributed by atoms with Crippen LogP contribution < -0.4 is 20.7 Å². The third-order valence-electron chi connectivity index (χ3n) is 3.33. The highest BCUT2D eigenvalue weighted by Gasteiger charge is 2.19. The number of fused-ring (bicyclic) bond motifs is 1. The molecule has 21 heavy (non-hydrogen) atoms. The lowest BCUT2D eigenvalue weighted by atomic mass is 10.2. The quantitative estimate of drug-likeness (QED) is 0.778. The molecule has 0 aliphatic carbocycles. The Hall–Kier alpha value is -1.73. The van der Waals surface area contributed by atoms with Crippen LogP contribution in [-0.2, 0) is 9.59 Å². The Morgan fingerprint density at radius 3 is 3.19 bits per heavy atom. The van der Waals surface area contributed by atoms with Gasteiger partial charge in [0, 0.05) is 42.3 Å². The third kappa shape index (κ3) is 3.68. The molecule has 0 radical (unpaired) electrons. The number of carbonyl (C=O) groups excluding carboxylic acids is 2. The number of carbonyl (C=O) groups is 2. The number of nitrogens with one attached hydrogen (secondary N) is 3. The average Bonchev–Trinajstić information content (AvgIpc) is 2.48. The Balaban J connectivity index is 1.59. The second-order valence-corrected chi connectivity index (χ2v) is 6.18. The summed E-state index contributed by atoms with van der Waals surface area (Å²) in [6.45, 7) is 0.961. The van der Waals surface area contributed by atoms with E-state index in [0.29, 0.717) is 23.5 Å². The molecule has 2 heterocycles. The summed E-state index contributed by atoms with van der Waals surface area (Å²) >= 11 is 1.87. The zero-order valence-electron chi connectivity index (χ0n) is 11.5. The van der Waals surface area contributed by atoms with Crippen LogP contribution in [0.5, 0.6) is 5.75 Å². The summed E-state index contributed by atoms with van der Waals surface area (Å²) in [6, 6.07) is 5.46. The molecule has 6 nitrogen and oxygen atoms in total. The fourth-order valence-corrected chi connectivity index (χ4v) is 3.29. The molecule has 0 bridgehead atoms. The predicted molar refractivity (Wildman–Crippen MR) is 82.9 cm³/mol. The zero-order chi connectivity index (χ0) is 14.7. The van der Waals surface area contributed by atoms with Gasteiger partial charge in [0.05, 0.1) is 5.69 Å². The zero-order valence-corrected chi connectivity index (χ0v) is 12.3. The molecule has 0 saturated carbocycles. The second kappa shape index (κ2) is 6.36. The molecule has 0 spiro atoms. The van der Waals surface area contributed by atoms with E-state index >= 15 is 0 Å². The molecule has 1 saturated heterocycles. The van der Waals surface area contributed by atoms with Gasteiger partial charge in [-0.05, 0) is 12.1 Å². The van der Waals surface area contributed by atoms with Gasteiger partial charge in [0.1, 0.15) is 5.75 Å². The number of benzene rings is 1. The molecule has 3 N–H and O–H groups in total. The number of amides is 2. The van der Waals surface area contributed by atoms with Crippen LogP contribution in [0, 0.1) is 0 Å². The van der Waals surface area contributed by atoms with Crippen molar-refractivity contribution in [2.24, 2.45) is 0 Å². The summed E-state index contributed by atoms with van der Waals surface area (Å²) in [5, 5.41) is 8.92. The van der Waals surface area contributed by atoms with Crippen molar-refractivity contribution in [3.63, 3.8) is 0 Å². The molecule has 2 aliphatic heterocycles. The Morgan fingerprint density at radius 2 is 2.38 bits per heavy atom. The molecule has 3 rings (SSSR count). The van der Waals surface area contributed by atoms with Gasteiger partial charge >= 0.3 is 0 Å². The van der Waals surface area contributed by atoms with E-state index in [-0.39, 0.29) is 24.5 Å². The number of thioether (sulfide) groups is 1. The summed E-state index contributed by atoms with van der Waals surface area (Å²) in [6.07, 6.45) is 0.460. The highest BCUT2D eigenvalue weighted by atomic mass is 32.2. The first-order chi connectivity index (χ1) is 10.2. The summed E-state index contributed by atoms with van der Waals surface area (Å²) in [5.41, 5.74) is 1.31. The largest absolute Gasteiger partial charge is 0.482 e. The lowest BCUT2D eigenvalue weighted by Gasteiger charge is -2.23. The van der Waals surface area contributed by atoms with E-state index in [1.807, 2.05) is 11.8 Å². The van der Waals surface area contributed by atoms with Crippen LogP contribution >= 0.6 is 11.8 Å². The Labute approximate surface area is 127 Å². The minimum absolute atomic E-state index is 0.00756. The lowest BCUT2D eigenvalue weighted by molar-refractivity contribution is -0.119. The van der Waals surface area contributed by atoms with Crippen molar-refractivity contribution in [3.05, 3.63) is 18.2 Å². The van der Waals surface area contributed by atoms with Crippen LogP contribution in [0.25, 0.3) is 0 Å². The smallest absolute Gasteiger partial charge is 0.262 e. The van der Waals surface area contributed by atoms with E-state index in [1.165, 1.54) is 0 Å². The summed E-state index contributed by atoms with van der Waals surface area (Å²) < 4.78 is 5.33. The first-order valence-electron chi connectivity index (χ1n) is 6.88. The fourth-order valence-electron chi connectivity index (χ4n) is 2.34. The van der Waals surface area contributed by atoms with Crippen molar-refractivity contribution in [1.29, 1.82) is 0 Å². The van der Waals surface area contributed by atoms with Crippen LogP contribution in [-0.4, -0.2) is 42.5 Å². The molecule has 1 unspecified atom stereocenters. The minimum atomic E-state index is -0.167. The monoisotopic (exact) mass is 307 g/mol. The Bertz CT molecular complexity index is 558. The fraction of sp³-hybridized carbons (Fsp3) is 0.429. The number of anilines is 2. The first-order valence-corrected chi connectivity index (χ1v) is 8.04. The van der Waals surface area contributed by atoms with Gasteiger partial charge < -0.3 is 20.7 Å². The van der Waals surface area contributed by atoms with Crippen LogP contribution in [0.3, 0.4) is 0 Å². The van der Waals surface area contributed by atoms with Crippen molar-refractivity contribution < 1.29 is 14.3 Å². The molecule has 0 aromatic heterocycles. The van der Waals surface area contributed by atoms with Gasteiger partial charge in [0.2, 0.25) is 5.91 Å². The topological polar surface area (TPSA) is 79.5 Å². The second-order valence-electron chi connectivity index (χ2n) is 5.03. The van der Waals surface area contributed by atoms with E-state index in [0.717, 1.165) is 18.1 Å². The van der Waals surface area contributed by atoms with E-state index in [4.69, 9.17) is 4.74 Å². The first kappa shape index (κ1) is 14.2. The molecule has 1 atom stereocenters. The molecule has 1 aromatic rings. The summed E-state index contributed by atoms with van der Waals surface area (Å²) in [5.74, 6) is 2.47. The normalized spacial score (nSPS) is 21.0. The van der Waals surface area contributed by atoms with Gasteiger partial charge in [-0.25, -0.2) is 0 Å². The maximum atomic E-state index is 12.0. The SMILES string of the molecule is O=C(CC1CSCCN1)Nc1ccc2c(c1)OCC(=O)N2. The van der Waals surface area contributed by atoms with Crippen molar-refractivity contribution in [1.82, 2.24) is 5.32 Å². The van der Waals surface area contributed by atoms with Crippen molar-refractivity contribution in [2.45, 2.75) is 12.5 Å². The Morgan fingerprint density at radius 1 is 1.48 bits per heavy atom. The molecular weight excluding hydrogens is 290 g/mol. The van der Waals surface area contributed by atoms with Gasteiger partial charge in [0.15, 0.2) is 6.61 Å². The Kier molecular flexibility index (Phi) is 4.31. The molecular formula is C14H17N3O3S. The van der Waals surface area contributed by atoms with Gasteiger partial charge in [0.25, 0.3) is 5.91 Å². The van der Waals surface area contributed by atoms with Gasteiger partial charge in [-0.3, -0.25) is 9.59 Å². The molecule has 1 aromatic carbocycles. The van der Waals surface area contributed by atoms with Crippen molar-refractivity contribution in [2.75, 3.05) is 35.3 Å². The lowest BCUT2D eigenvalue weighted by Crippen LogP contribution is -2.39. The van der Waals surface area contributed by atoms with E-state index in [1.54, 1.807) is 18.2 Å². The summed E-state index contributed by atoms with van der Waals surface area (Å²) in [4.78, 5) is 23.2. The number of hydrogen-bond donors (Lipinski definition) is 3. The number of ether oxygens (including phenoxy) is 1. The maximum Gasteiger partial charge on any atom is 0.262 e. The van der Waals surface area contributed by atoms with Crippen LogP contribution in [0.4, 0.5) is 11.4 Å². The molecule has 2 aliphatic rings. The number of hydrogen-bond acceptors (Lipinski definition) is 5. The van der Waals surface area contributed by atoms with Crippen molar-refractivity contribution >= 4 is 35.0 Å². The summed E-state index contributed by atoms with van der Waals surface area (Å²) in [7, 11) is 0. The van der Waals surface area contributed by atoms with Crippen LogP contribution in [0.15, 0.2) is 18.2 Å². The molecule has 7 heteroatoms. The highest BCUT2D eigenvalue weighted by molar-refractivity contribution is 7.99. The standard InChI is InChI=1S/C14H17N3O3S/c18-13(6-10-8-21-4-3-15-10)16-9-1-2-11-12(5-9)20-7-14(19)17-11/h1-2,5,10,15H,3-4,6-8H2,(H,16,18)(H,17,19). The minimum Gasteiger partial charge on any atom is -0.482 e. The van der Waals surface area contributed by atoms with Gasteiger partial charge in [-0.1, -0.05) is 0 Å². The third-order valence-corrected chi connectivity index (χ3v) is 4.46.